The molecule has 1 N–H and O–H groups in total. The van der Waals surface area contributed by atoms with E-state index >= 15 is 0 Å². The molecule has 0 bridgehead atoms. The minimum atomic E-state index is -0.0313. The average molecular weight is 336 g/mol. The Morgan fingerprint density at radius 1 is 1.12 bits per heavy atom. The molecule has 1 aromatic heterocycles. The Bertz CT molecular complexity index is 814. The number of methoxy groups -OCH3 is 1. The topological polar surface area (TPSA) is 69.0 Å². The van der Waals surface area contributed by atoms with E-state index in [1.807, 2.05) is 48.5 Å². The maximum absolute atomic E-state index is 12.1. The molecule has 0 aliphatic rings. The summed E-state index contributed by atoms with van der Waals surface area (Å²) in [4.78, 5) is 16.1. The van der Waals surface area contributed by atoms with Crippen LogP contribution in [0.5, 0.6) is 5.75 Å². The lowest BCUT2D eigenvalue weighted by Crippen LogP contribution is -2.24. The van der Waals surface area contributed by atoms with E-state index in [2.05, 4.69) is 15.4 Å². The number of carbonyl (C=O) groups excluding carboxylic acids is 1. The average Bonchev–Trinajstić information content (AvgIpc) is 3.15. The van der Waals surface area contributed by atoms with Crippen molar-refractivity contribution in [2.24, 2.45) is 0 Å². The second-order valence-electron chi connectivity index (χ2n) is 5.67. The molecule has 25 heavy (non-hydrogen) atoms. The summed E-state index contributed by atoms with van der Waals surface area (Å²) in [5, 5.41) is 7.03. The fraction of sp³-hybridized carbons (Fsp3) is 0.211. The molecule has 0 radical (unpaired) electrons. The molecule has 3 aromatic rings. The fourth-order valence-corrected chi connectivity index (χ4v) is 2.55. The lowest BCUT2D eigenvalue weighted by atomic mass is 10.1. The van der Waals surface area contributed by atoms with Crippen LogP contribution in [0.1, 0.15) is 16.7 Å². The van der Waals surface area contributed by atoms with E-state index in [0.717, 1.165) is 22.4 Å². The van der Waals surface area contributed by atoms with Gasteiger partial charge < -0.3 is 10.1 Å². The van der Waals surface area contributed by atoms with Crippen LogP contribution in [0.15, 0.2) is 61.2 Å². The largest absolute Gasteiger partial charge is 0.496 e. The fourth-order valence-electron chi connectivity index (χ4n) is 2.55. The second kappa shape index (κ2) is 8.10. The molecule has 128 valence electrons. The van der Waals surface area contributed by atoms with E-state index < -0.39 is 0 Å². The molecule has 0 aliphatic heterocycles. The quantitative estimate of drug-likeness (QED) is 0.718. The van der Waals surface area contributed by atoms with Gasteiger partial charge in [0.15, 0.2) is 0 Å². The zero-order valence-corrected chi connectivity index (χ0v) is 14.1. The second-order valence-corrected chi connectivity index (χ2v) is 5.67. The molecule has 2 aromatic carbocycles. The first-order chi connectivity index (χ1) is 12.2. The van der Waals surface area contributed by atoms with Crippen molar-refractivity contribution in [3.63, 3.8) is 0 Å². The molecule has 1 amide bonds. The van der Waals surface area contributed by atoms with Gasteiger partial charge in [-0.1, -0.05) is 42.5 Å². The summed E-state index contributed by atoms with van der Waals surface area (Å²) in [6.45, 7) is 1.18. The van der Waals surface area contributed by atoms with E-state index in [9.17, 15) is 4.79 Å². The number of carbonyl (C=O) groups is 1. The van der Waals surface area contributed by atoms with E-state index in [4.69, 9.17) is 4.74 Å². The van der Waals surface area contributed by atoms with Crippen molar-refractivity contribution >= 4 is 5.91 Å². The van der Waals surface area contributed by atoms with Crippen LogP contribution in [0.3, 0.4) is 0 Å². The summed E-state index contributed by atoms with van der Waals surface area (Å²) in [5.74, 6) is 0.700. The van der Waals surface area contributed by atoms with Gasteiger partial charge in [-0.05, 0) is 17.2 Å². The number of hydrogen-bond donors (Lipinski definition) is 1. The van der Waals surface area contributed by atoms with Gasteiger partial charge in [0.1, 0.15) is 18.4 Å². The Morgan fingerprint density at radius 2 is 1.88 bits per heavy atom. The van der Waals surface area contributed by atoms with Crippen LogP contribution in [0, 0.1) is 0 Å². The van der Waals surface area contributed by atoms with Crippen LogP contribution >= 0.6 is 0 Å². The van der Waals surface area contributed by atoms with Crippen molar-refractivity contribution in [1.29, 1.82) is 0 Å². The number of aromatic nitrogens is 3. The van der Waals surface area contributed by atoms with Gasteiger partial charge in [-0.3, -0.25) is 4.79 Å². The SMILES string of the molecule is COc1ccccc1CC(=O)NCc1ccc(Cn2cncn2)cc1. The molecular weight excluding hydrogens is 316 g/mol. The van der Waals surface area contributed by atoms with E-state index in [-0.39, 0.29) is 5.91 Å². The summed E-state index contributed by atoms with van der Waals surface area (Å²) in [6, 6.07) is 15.6. The molecule has 0 atom stereocenters. The Balaban J connectivity index is 1.52. The van der Waals surface area contributed by atoms with Gasteiger partial charge in [0.2, 0.25) is 5.91 Å². The summed E-state index contributed by atoms with van der Waals surface area (Å²) in [7, 11) is 1.61. The molecule has 0 saturated heterocycles. The summed E-state index contributed by atoms with van der Waals surface area (Å²) >= 11 is 0. The Kier molecular flexibility index (Phi) is 5.41. The molecule has 3 rings (SSSR count). The van der Waals surface area contributed by atoms with Gasteiger partial charge >= 0.3 is 0 Å². The van der Waals surface area contributed by atoms with E-state index in [0.29, 0.717) is 19.5 Å². The van der Waals surface area contributed by atoms with Crippen LogP contribution in [-0.4, -0.2) is 27.8 Å². The molecule has 0 aliphatic carbocycles. The number of amides is 1. The standard InChI is InChI=1S/C19H20N4O2/c1-25-18-5-3-2-4-17(18)10-19(24)21-11-15-6-8-16(9-7-15)12-23-14-20-13-22-23/h2-9,13-14H,10-12H2,1H3,(H,21,24). The lowest BCUT2D eigenvalue weighted by Gasteiger charge is -2.09. The van der Waals surface area contributed by atoms with E-state index in [1.165, 1.54) is 6.33 Å². The molecule has 0 saturated carbocycles. The third-order valence-corrected chi connectivity index (χ3v) is 3.87. The Labute approximate surface area is 146 Å². The highest BCUT2D eigenvalue weighted by Crippen LogP contribution is 2.17. The van der Waals surface area contributed by atoms with E-state index in [1.54, 1.807) is 18.1 Å². The van der Waals surface area contributed by atoms with Crippen molar-refractivity contribution in [1.82, 2.24) is 20.1 Å². The van der Waals surface area contributed by atoms with Crippen molar-refractivity contribution in [2.45, 2.75) is 19.5 Å². The maximum atomic E-state index is 12.1. The minimum absolute atomic E-state index is 0.0313. The third kappa shape index (κ3) is 4.67. The van der Waals surface area contributed by atoms with Gasteiger partial charge in [0.05, 0.1) is 20.1 Å². The third-order valence-electron chi connectivity index (χ3n) is 3.87. The maximum Gasteiger partial charge on any atom is 0.224 e. The first-order valence-corrected chi connectivity index (χ1v) is 8.03. The van der Waals surface area contributed by atoms with Gasteiger partial charge in [0, 0.05) is 12.1 Å². The Hall–Kier alpha value is -3.15. The highest BCUT2D eigenvalue weighted by atomic mass is 16.5. The minimum Gasteiger partial charge on any atom is -0.496 e. The van der Waals surface area contributed by atoms with Crippen molar-refractivity contribution in [2.75, 3.05) is 7.11 Å². The predicted octanol–water partition coefficient (Wildman–Crippen LogP) is 2.19. The summed E-state index contributed by atoms with van der Waals surface area (Å²) in [5.41, 5.74) is 3.07. The smallest absolute Gasteiger partial charge is 0.224 e. The number of hydrogen-bond acceptors (Lipinski definition) is 4. The first kappa shape index (κ1) is 16.7. The molecule has 0 spiro atoms. The molecule has 0 unspecified atom stereocenters. The Morgan fingerprint density at radius 3 is 2.60 bits per heavy atom. The highest BCUT2D eigenvalue weighted by molar-refractivity contribution is 5.79. The van der Waals surface area contributed by atoms with Crippen LogP contribution in [0.2, 0.25) is 0 Å². The normalized spacial score (nSPS) is 10.4. The number of ether oxygens (including phenoxy) is 1. The zero-order valence-electron chi connectivity index (χ0n) is 14.1. The predicted molar refractivity (Wildman–Crippen MR) is 94.1 cm³/mol. The molecule has 6 nitrogen and oxygen atoms in total. The van der Waals surface area contributed by atoms with Crippen molar-refractivity contribution < 1.29 is 9.53 Å². The van der Waals surface area contributed by atoms with Gasteiger partial charge in [-0.2, -0.15) is 5.10 Å². The van der Waals surface area contributed by atoms with Crippen molar-refractivity contribution in [3.8, 4) is 5.75 Å². The van der Waals surface area contributed by atoms with Gasteiger partial charge in [-0.25, -0.2) is 9.67 Å². The molecule has 0 fully saturated rings. The number of rotatable bonds is 7. The van der Waals surface area contributed by atoms with Crippen molar-refractivity contribution in [3.05, 3.63) is 77.9 Å². The first-order valence-electron chi connectivity index (χ1n) is 8.03. The van der Waals surface area contributed by atoms with Gasteiger partial charge in [-0.15, -0.1) is 0 Å². The number of benzene rings is 2. The summed E-state index contributed by atoms with van der Waals surface area (Å²) in [6.07, 6.45) is 3.51. The lowest BCUT2D eigenvalue weighted by molar-refractivity contribution is -0.120. The van der Waals surface area contributed by atoms with Crippen LogP contribution in [-0.2, 0) is 24.3 Å². The van der Waals surface area contributed by atoms with Gasteiger partial charge in [0.25, 0.3) is 0 Å². The van der Waals surface area contributed by atoms with Crippen LogP contribution in [0.25, 0.3) is 0 Å². The molecular formula is C19H20N4O2. The number of nitrogens with zero attached hydrogens (tertiary/aromatic N) is 3. The molecule has 1 heterocycles. The zero-order chi connectivity index (χ0) is 17.5. The monoisotopic (exact) mass is 336 g/mol. The van der Waals surface area contributed by atoms with Crippen LogP contribution < -0.4 is 10.1 Å². The number of para-hydroxylation sites is 1. The van der Waals surface area contributed by atoms with Crippen LogP contribution in [0.4, 0.5) is 0 Å². The summed E-state index contributed by atoms with van der Waals surface area (Å²) < 4.78 is 7.04. The highest BCUT2D eigenvalue weighted by Gasteiger charge is 2.08. The number of nitrogens with one attached hydrogen (secondary N) is 1. The molecule has 6 heteroatoms.